The lowest BCUT2D eigenvalue weighted by Crippen LogP contribution is -2.81. The van der Waals surface area contributed by atoms with Crippen LogP contribution in [0, 0.1) is 0 Å². The summed E-state index contributed by atoms with van der Waals surface area (Å²) in [5, 5.41) is 13.4. The molecule has 8 rings (SSSR count). The fourth-order valence-corrected chi connectivity index (χ4v) is 7.04. The van der Waals surface area contributed by atoms with E-state index in [9.17, 15) is 5.11 Å². The number of piperidine rings is 2. The van der Waals surface area contributed by atoms with E-state index in [-0.39, 0.29) is 17.0 Å². The fourth-order valence-electron chi connectivity index (χ4n) is 7.04. The number of H-pyrrole nitrogens is 1. The molecule has 4 aromatic rings. The molecule has 5 heterocycles. The maximum absolute atomic E-state index is 12.1. The lowest BCUT2D eigenvalue weighted by atomic mass is 9.54. The average molecular weight is 422 g/mol. The van der Waals surface area contributed by atoms with Crippen LogP contribution < -0.4 is 0 Å². The second kappa shape index (κ2) is 6.55. The minimum atomic E-state index is -0.420. The van der Waals surface area contributed by atoms with E-state index in [0.717, 1.165) is 26.2 Å². The molecule has 0 radical (unpaired) electrons. The van der Waals surface area contributed by atoms with Crippen molar-refractivity contribution in [3.63, 3.8) is 0 Å². The third-order valence-electron chi connectivity index (χ3n) is 8.28. The predicted octanol–water partition coefficient (Wildman–Crippen LogP) is 4.05. The first-order valence-corrected chi connectivity index (χ1v) is 11.5. The number of nitrogens with zero attached hydrogens (tertiary/aromatic N) is 2. The number of benzene rings is 3. The lowest BCUT2D eigenvalue weighted by Gasteiger charge is -2.69. The van der Waals surface area contributed by atoms with E-state index in [1.165, 1.54) is 27.6 Å². The maximum Gasteiger partial charge on any atom is 0.0908 e. The molecule has 0 atom stereocenters. The van der Waals surface area contributed by atoms with Crippen LogP contribution in [0.4, 0.5) is 0 Å². The summed E-state index contributed by atoms with van der Waals surface area (Å²) in [6.07, 6.45) is 2.00. The van der Waals surface area contributed by atoms with Gasteiger partial charge in [0.1, 0.15) is 0 Å². The Labute approximate surface area is 188 Å². The van der Waals surface area contributed by atoms with E-state index in [1.807, 2.05) is 0 Å². The van der Waals surface area contributed by atoms with Gasteiger partial charge >= 0.3 is 0 Å². The van der Waals surface area contributed by atoms with Gasteiger partial charge in [-0.2, -0.15) is 0 Å². The van der Waals surface area contributed by atoms with E-state index in [0.29, 0.717) is 0 Å². The van der Waals surface area contributed by atoms with Crippen LogP contribution in [0.25, 0.3) is 10.9 Å². The van der Waals surface area contributed by atoms with Gasteiger partial charge in [0.05, 0.1) is 12.3 Å². The zero-order chi connectivity index (χ0) is 21.3. The summed E-state index contributed by atoms with van der Waals surface area (Å²) in [5.41, 5.74) is 4.45. The second-order valence-corrected chi connectivity index (χ2v) is 9.92. The van der Waals surface area contributed by atoms with Crippen molar-refractivity contribution in [2.24, 2.45) is 0 Å². The Kier molecular flexibility index (Phi) is 3.81. The average Bonchev–Trinajstić information content (AvgIpc) is 3.26. The zero-order valence-corrected chi connectivity index (χ0v) is 18.0. The van der Waals surface area contributed by atoms with Gasteiger partial charge in [0.25, 0.3) is 0 Å². The van der Waals surface area contributed by atoms with Gasteiger partial charge in [0, 0.05) is 59.7 Å². The second-order valence-electron chi connectivity index (χ2n) is 9.92. The molecule has 0 saturated carbocycles. The van der Waals surface area contributed by atoms with Crippen molar-refractivity contribution in [1.82, 2.24) is 14.8 Å². The first-order valence-electron chi connectivity index (χ1n) is 11.5. The van der Waals surface area contributed by atoms with Crippen molar-refractivity contribution >= 4 is 10.9 Å². The number of fused-ring (bicyclic) bond motifs is 1. The molecular weight excluding hydrogens is 394 g/mol. The predicted molar refractivity (Wildman–Crippen MR) is 126 cm³/mol. The summed E-state index contributed by atoms with van der Waals surface area (Å²) in [6, 6.07) is 30.0. The van der Waals surface area contributed by atoms with Crippen LogP contribution in [0.3, 0.4) is 0 Å². The van der Waals surface area contributed by atoms with E-state index in [4.69, 9.17) is 0 Å². The number of hydrogen-bond donors (Lipinski definition) is 2. The zero-order valence-electron chi connectivity index (χ0n) is 18.0. The Morgan fingerprint density at radius 1 is 0.688 bits per heavy atom. The monoisotopic (exact) mass is 421 g/mol. The number of rotatable bonds is 3. The van der Waals surface area contributed by atoms with Crippen LogP contribution in [0.1, 0.15) is 22.9 Å². The molecule has 4 aliphatic heterocycles. The SMILES string of the molecule is OC1C2(c3ccccc3)CN3CC1(c1ccccc1)CN(C2)C3c1c[nH]c2ccccc12. The van der Waals surface area contributed by atoms with Gasteiger partial charge in [-0.25, -0.2) is 0 Å². The number of nitrogens with one attached hydrogen (secondary N) is 1. The Morgan fingerprint density at radius 2 is 1.19 bits per heavy atom. The van der Waals surface area contributed by atoms with E-state index >= 15 is 0 Å². The lowest BCUT2D eigenvalue weighted by molar-refractivity contribution is -0.208. The number of aliphatic hydroxyl groups excluding tert-OH is 1. The Hall–Kier alpha value is -2.92. The van der Waals surface area contributed by atoms with Gasteiger partial charge in [-0.1, -0.05) is 78.9 Å². The Morgan fingerprint density at radius 3 is 1.75 bits per heavy atom. The molecule has 32 heavy (non-hydrogen) atoms. The topological polar surface area (TPSA) is 42.5 Å². The Bertz CT molecular complexity index is 1210. The highest BCUT2D eigenvalue weighted by Gasteiger charge is 2.66. The molecule has 4 saturated heterocycles. The highest BCUT2D eigenvalue weighted by molar-refractivity contribution is 5.83. The van der Waals surface area contributed by atoms with E-state index in [2.05, 4.69) is 106 Å². The number of para-hydroxylation sites is 1. The van der Waals surface area contributed by atoms with Crippen LogP contribution in [0.15, 0.2) is 91.1 Å². The van der Waals surface area contributed by atoms with Gasteiger partial charge in [0.2, 0.25) is 0 Å². The van der Waals surface area contributed by atoms with Gasteiger partial charge < -0.3 is 10.1 Å². The summed E-state index contributed by atoms with van der Waals surface area (Å²) < 4.78 is 0. The van der Waals surface area contributed by atoms with Gasteiger partial charge in [0.15, 0.2) is 0 Å². The number of aliphatic hydroxyl groups is 1. The maximum atomic E-state index is 12.1. The molecule has 4 fully saturated rings. The highest BCUT2D eigenvalue weighted by Crippen LogP contribution is 2.56. The molecule has 2 N–H and O–H groups in total. The third-order valence-corrected chi connectivity index (χ3v) is 8.28. The van der Waals surface area contributed by atoms with Crippen LogP contribution in [0.2, 0.25) is 0 Å². The minimum Gasteiger partial charge on any atom is -0.391 e. The van der Waals surface area contributed by atoms with Crippen LogP contribution >= 0.6 is 0 Å². The minimum absolute atomic E-state index is 0.229. The third kappa shape index (κ3) is 2.32. The number of aromatic amines is 1. The Balaban J connectivity index is 1.41. The standard InChI is InChI=1S/C28H27N3O/c32-26-27(20-9-3-1-4-10-20)16-30-18-28(26,21-11-5-2-6-12-21)19-31(17-27)25(30)23-15-29-24-14-8-7-13-22(23)24/h1-15,25-26,29,32H,16-19H2. The molecule has 3 aromatic carbocycles. The molecule has 4 heteroatoms. The van der Waals surface area contributed by atoms with Gasteiger partial charge in [-0.05, 0) is 17.2 Å². The van der Waals surface area contributed by atoms with Crippen LogP contribution in [0.5, 0.6) is 0 Å². The van der Waals surface area contributed by atoms with Crippen molar-refractivity contribution in [3.8, 4) is 0 Å². The number of hydrogen-bond acceptors (Lipinski definition) is 3. The van der Waals surface area contributed by atoms with E-state index in [1.54, 1.807) is 0 Å². The quantitative estimate of drug-likeness (QED) is 0.525. The first-order chi connectivity index (χ1) is 15.7. The van der Waals surface area contributed by atoms with Gasteiger partial charge in [-0.3, -0.25) is 9.80 Å². The fraction of sp³-hybridized carbons (Fsp3) is 0.286. The summed E-state index contributed by atoms with van der Waals surface area (Å²) in [7, 11) is 0. The van der Waals surface area contributed by atoms with Crippen molar-refractivity contribution in [3.05, 3.63) is 108 Å². The molecule has 160 valence electrons. The molecule has 4 nitrogen and oxygen atoms in total. The van der Waals surface area contributed by atoms with Crippen molar-refractivity contribution in [2.75, 3.05) is 26.2 Å². The van der Waals surface area contributed by atoms with Crippen molar-refractivity contribution in [1.29, 1.82) is 0 Å². The number of aromatic nitrogens is 1. The summed E-state index contributed by atoms with van der Waals surface area (Å²) >= 11 is 0. The van der Waals surface area contributed by atoms with E-state index < -0.39 is 6.10 Å². The normalized spacial score (nSPS) is 35.4. The molecule has 0 unspecified atom stereocenters. The van der Waals surface area contributed by atoms with Gasteiger partial charge in [-0.15, -0.1) is 0 Å². The molecule has 0 amide bonds. The largest absolute Gasteiger partial charge is 0.391 e. The van der Waals surface area contributed by atoms with Crippen LogP contribution in [-0.4, -0.2) is 52.2 Å². The molecule has 4 aliphatic rings. The molecule has 0 aliphatic carbocycles. The van der Waals surface area contributed by atoms with Crippen LogP contribution in [-0.2, 0) is 10.8 Å². The summed E-state index contributed by atoms with van der Waals surface area (Å²) in [4.78, 5) is 8.73. The smallest absolute Gasteiger partial charge is 0.0908 e. The first kappa shape index (κ1) is 18.6. The molecule has 0 spiro atoms. The molecule has 4 bridgehead atoms. The van der Waals surface area contributed by atoms with Crippen molar-refractivity contribution < 1.29 is 5.11 Å². The summed E-state index contributed by atoms with van der Waals surface area (Å²) in [6.45, 7) is 3.47. The highest BCUT2D eigenvalue weighted by atomic mass is 16.3. The summed E-state index contributed by atoms with van der Waals surface area (Å²) in [5.74, 6) is 0. The molecule has 1 aromatic heterocycles. The van der Waals surface area contributed by atoms with Crippen molar-refractivity contribution in [2.45, 2.75) is 23.1 Å². The molecular formula is C28H27N3O.